The summed E-state index contributed by atoms with van der Waals surface area (Å²) in [7, 11) is 0. The summed E-state index contributed by atoms with van der Waals surface area (Å²) in [5.41, 5.74) is 9.48. The van der Waals surface area contributed by atoms with E-state index in [0.717, 1.165) is 11.1 Å². The van der Waals surface area contributed by atoms with Gasteiger partial charge in [-0.25, -0.2) is 14.5 Å². The minimum Gasteiger partial charge on any atom is -0.508 e. The van der Waals surface area contributed by atoms with Crippen molar-refractivity contribution in [3.8, 4) is 22.6 Å². The number of para-hydroxylation sites is 1. The highest BCUT2D eigenvalue weighted by Gasteiger charge is 2.21. The maximum absolute atomic E-state index is 13.6. The number of phenolic OH excluding ortho intramolecular Hbond substituents is 1. The summed E-state index contributed by atoms with van der Waals surface area (Å²) in [6.07, 6.45) is 3.16. The highest BCUT2D eigenvalue weighted by atomic mass is 16.3. The van der Waals surface area contributed by atoms with Crippen molar-refractivity contribution in [2.24, 2.45) is 0 Å². The number of benzene rings is 2. The summed E-state index contributed by atoms with van der Waals surface area (Å²) in [6, 6.07) is 17.5. The Morgan fingerprint density at radius 2 is 1.76 bits per heavy atom. The van der Waals surface area contributed by atoms with Crippen molar-refractivity contribution >= 4 is 17.2 Å². The van der Waals surface area contributed by atoms with Crippen LogP contribution in [-0.4, -0.2) is 29.3 Å². The number of hydrogen-bond donors (Lipinski definition) is 3. The minimum atomic E-state index is -0.426. The molecule has 170 valence electrons. The van der Waals surface area contributed by atoms with Gasteiger partial charge in [-0.2, -0.15) is 5.10 Å². The molecule has 0 aliphatic rings. The summed E-state index contributed by atoms with van der Waals surface area (Å²) < 4.78 is 3.23. The normalized spacial score (nSPS) is 12.1. The number of nitrogens with one attached hydrogen (secondary N) is 1. The van der Waals surface area contributed by atoms with E-state index in [1.54, 1.807) is 39.5 Å². The lowest BCUT2D eigenvalue weighted by molar-refractivity contribution is 0.475. The van der Waals surface area contributed by atoms with Gasteiger partial charge < -0.3 is 16.2 Å². The number of nitrogens with two attached hydrogens (primary N) is 1. The van der Waals surface area contributed by atoms with Crippen LogP contribution in [0.1, 0.15) is 24.4 Å². The summed E-state index contributed by atoms with van der Waals surface area (Å²) in [6.45, 7) is 3.80. The Labute approximate surface area is 195 Å². The second-order valence-corrected chi connectivity index (χ2v) is 8.02. The van der Waals surface area contributed by atoms with Gasteiger partial charge in [0, 0.05) is 6.20 Å². The molecular formula is C25H23N7O2. The first-order valence-corrected chi connectivity index (χ1v) is 10.8. The molecule has 9 nitrogen and oxygen atoms in total. The maximum Gasteiger partial charge on any atom is 0.282 e. The fraction of sp³-hybridized carbons (Fsp3) is 0.120. The minimum absolute atomic E-state index is 0.147. The molecule has 0 fully saturated rings. The first-order valence-electron chi connectivity index (χ1n) is 10.8. The number of aromatic nitrogens is 5. The zero-order valence-corrected chi connectivity index (χ0v) is 18.7. The smallest absolute Gasteiger partial charge is 0.282 e. The molecule has 1 unspecified atom stereocenters. The third kappa shape index (κ3) is 3.62. The number of nitrogen functional groups attached to an aromatic ring is 1. The molecule has 5 rings (SSSR count). The van der Waals surface area contributed by atoms with Crippen LogP contribution in [0.25, 0.3) is 22.3 Å². The molecule has 1 atom stereocenters. The summed E-state index contributed by atoms with van der Waals surface area (Å²) in [4.78, 5) is 22.1. The third-order valence-corrected chi connectivity index (χ3v) is 5.70. The quantitative estimate of drug-likeness (QED) is 0.371. The fourth-order valence-electron chi connectivity index (χ4n) is 4.03. The van der Waals surface area contributed by atoms with Gasteiger partial charge in [-0.3, -0.25) is 9.36 Å². The molecule has 0 aliphatic carbocycles. The highest BCUT2D eigenvalue weighted by Crippen LogP contribution is 2.33. The van der Waals surface area contributed by atoms with Crippen molar-refractivity contribution in [2.75, 3.05) is 11.1 Å². The summed E-state index contributed by atoms with van der Waals surface area (Å²) in [5.74, 6) is 1.44. The van der Waals surface area contributed by atoms with Gasteiger partial charge >= 0.3 is 0 Å². The Bertz CT molecular complexity index is 1540. The third-order valence-electron chi connectivity index (χ3n) is 5.70. The van der Waals surface area contributed by atoms with Gasteiger partial charge in [0.05, 0.1) is 17.3 Å². The van der Waals surface area contributed by atoms with Crippen molar-refractivity contribution in [2.45, 2.75) is 19.9 Å². The number of aryl methyl sites for hydroxylation is 1. The number of nitrogens with zero attached hydrogens (tertiary/aromatic N) is 5. The first-order chi connectivity index (χ1) is 16.4. The van der Waals surface area contributed by atoms with E-state index in [9.17, 15) is 9.90 Å². The molecule has 3 aromatic heterocycles. The average Bonchev–Trinajstić information content (AvgIpc) is 3.21. The van der Waals surface area contributed by atoms with Crippen LogP contribution in [0.15, 0.2) is 78.0 Å². The van der Waals surface area contributed by atoms with Crippen LogP contribution in [0, 0.1) is 6.92 Å². The molecule has 0 amide bonds. The molecule has 2 aromatic carbocycles. The fourth-order valence-corrected chi connectivity index (χ4v) is 4.03. The van der Waals surface area contributed by atoms with Gasteiger partial charge in [0.25, 0.3) is 5.56 Å². The lowest BCUT2D eigenvalue weighted by Gasteiger charge is -2.21. The van der Waals surface area contributed by atoms with E-state index in [-0.39, 0.29) is 11.3 Å². The zero-order valence-electron chi connectivity index (χ0n) is 18.7. The Morgan fingerprint density at radius 1 is 1.03 bits per heavy atom. The van der Waals surface area contributed by atoms with Crippen LogP contribution in [-0.2, 0) is 0 Å². The molecule has 0 spiro atoms. The predicted octanol–water partition coefficient (Wildman–Crippen LogP) is 3.71. The Balaban J connectivity index is 1.65. The number of hydrogen-bond acceptors (Lipinski definition) is 7. The molecule has 0 saturated carbocycles. The lowest BCUT2D eigenvalue weighted by Crippen LogP contribution is -2.29. The highest BCUT2D eigenvalue weighted by molar-refractivity contribution is 5.83. The molecular weight excluding hydrogens is 430 g/mol. The van der Waals surface area contributed by atoms with Gasteiger partial charge in [-0.05, 0) is 55.3 Å². The molecule has 5 aromatic rings. The van der Waals surface area contributed by atoms with Crippen LogP contribution in [0.3, 0.4) is 0 Å². The van der Waals surface area contributed by atoms with Crippen molar-refractivity contribution in [3.05, 3.63) is 94.9 Å². The van der Waals surface area contributed by atoms with Crippen molar-refractivity contribution in [1.29, 1.82) is 0 Å². The van der Waals surface area contributed by atoms with Crippen LogP contribution in [0.4, 0.5) is 11.6 Å². The Morgan fingerprint density at radius 3 is 2.50 bits per heavy atom. The molecule has 34 heavy (non-hydrogen) atoms. The molecule has 0 bridgehead atoms. The van der Waals surface area contributed by atoms with Crippen LogP contribution >= 0.6 is 0 Å². The molecule has 0 aliphatic heterocycles. The van der Waals surface area contributed by atoms with Crippen molar-refractivity contribution in [1.82, 2.24) is 24.1 Å². The van der Waals surface area contributed by atoms with E-state index in [4.69, 9.17) is 10.8 Å². The van der Waals surface area contributed by atoms with Crippen molar-refractivity contribution in [3.63, 3.8) is 0 Å². The van der Waals surface area contributed by atoms with Crippen molar-refractivity contribution < 1.29 is 5.11 Å². The topological polar surface area (TPSA) is 123 Å². The summed E-state index contributed by atoms with van der Waals surface area (Å²) >= 11 is 0. The Kier molecular flexibility index (Phi) is 5.21. The van der Waals surface area contributed by atoms with Gasteiger partial charge in [0.1, 0.15) is 29.2 Å². The first kappa shape index (κ1) is 21.2. The van der Waals surface area contributed by atoms with Gasteiger partial charge in [-0.1, -0.05) is 30.3 Å². The number of aromatic hydroxyl groups is 1. The van der Waals surface area contributed by atoms with Crippen LogP contribution in [0.2, 0.25) is 0 Å². The number of rotatable bonds is 5. The molecule has 3 heterocycles. The summed E-state index contributed by atoms with van der Waals surface area (Å²) in [5, 5.41) is 17.8. The van der Waals surface area contributed by atoms with E-state index in [1.165, 1.54) is 6.33 Å². The van der Waals surface area contributed by atoms with E-state index < -0.39 is 6.04 Å². The Hall–Kier alpha value is -4.66. The number of fused-ring (bicyclic) bond motifs is 1. The zero-order chi connectivity index (χ0) is 23.8. The van der Waals surface area contributed by atoms with Gasteiger partial charge in [-0.15, -0.1) is 0 Å². The molecule has 9 heteroatoms. The maximum atomic E-state index is 13.6. The average molecular weight is 454 g/mol. The van der Waals surface area contributed by atoms with E-state index >= 15 is 0 Å². The van der Waals surface area contributed by atoms with E-state index in [1.807, 2.05) is 50.2 Å². The lowest BCUT2D eigenvalue weighted by atomic mass is 10.1. The second-order valence-electron chi connectivity index (χ2n) is 8.02. The predicted molar refractivity (Wildman–Crippen MR) is 131 cm³/mol. The van der Waals surface area contributed by atoms with Crippen LogP contribution in [0.5, 0.6) is 5.75 Å². The number of anilines is 2. The van der Waals surface area contributed by atoms with Gasteiger partial charge in [0.2, 0.25) is 0 Å². The van der Waals surface area contributed by atoms with Crippen LogP contribution < -0.4 is 16.6 Å². The molecule has 0 radical (unpaired) electrons. The SMILES string of the molecule is Cc1ccn2nc(C(C)Nc3ncnc(N)c3-c3ccc(O)cc3)n(-c3ccccc3)c(=O)c12. The van der Waals surface area contributed by atoms with Gasteiger partial charge in [0.15, 0.2) is 5.82 Å². The monoisotopic (exact) mass is 453 g/mol. The van der Waals surface area contributed by atoms with E-state index in [2.05, 4.69) is 15.3 Å². The second kappa shape index (κ2) is 8.36. The largest absolute Gasteiger partial charge is 0.508 e. The number of phenols is 1. The molecule has 4 N–H and O–H groups in total. The molecule has 0 saturated heterocycles. The van der Waals surface area contributed by atoms with E-state index in [0.29, 0.717) is 34.2 Å². The standard InChI is InChI=1S/C25H23N7O2/c1-15-12-13-31-21(15)25(34)32(18-6-4-3-5-7-18)24(30-31)16(2)29-23-20(22(26)27-14-28-23)17-8-10-19(33)11-9-17/h3-14,16,33H,1-2H3,(H3,26,27,28,29).